The number of hydrogen-bond donors (Lipinski definition) is 0. The number of carbonyl (C=O) groups is 2. The Morgan fingerprint density at radius 3 is 1.33 bits per heavy atom. The Bertz CT molecular complexity index is 607. The van der Waals surface area contributed by atoms with E-state index in [0.29, 0.717) is 0 Å². The maximum atomic E-state index is 11.6. The zero-order chi connectivity index (χ0) is 21.1. The third-order valence-corrected chi connectivity index (χ3v) is 4.75. The molecule has 27 heavy (non-hydrogen) atoms. The summed E-state index contributed by atoms with van der Waals surface area (Å²) >= 11 is 0. The summed E-state index contributed by atoms with van der Waals surface area (Å²) in [4.78, 5) is 22.1. The van der Waals surface area contributed by atoms with E-state index in [1.165, 1.54) is 0 Å². The van der Waals surface area contributed by atoms with Crippen LogP contribution in [0.4, 0.5) is 9.59 Å². The monoisotopic (exact) mass is 436 g/mol. The van der Waals surface area contributed by atoms with E-state index in [9.17, 15) is 26.4 Å². The van der Waals surface area contributed by atoms with Gasteiger partial charge >= 0.3 is 12.3 Å². The van der Waals surface area contributed by atoms with Crippen LogP contribution in [-0.4, -0.2) is 66.4 Å². The quantitative estimate of drug-likeness (QED) is 0.244. The Kier molecular flexibility index (Phi) is 11.2. The summed E-state index contributed by atoms with van der Waals surface area (Å²) in [6.07, 6.45) is -3.47. The van der Waals surface area contributed by atoms with Crippen LogP contribution in [0.5, 0.6) is 0 Å². The summed E-state index contributed by atoms with van der Waals surface area (Å²) in [7, 11) is -8.27. The van der Waals surface area contributed by atoms with Crippen LogP contribution in [0.3, 0.4) is 0 Å². The van der Waals surface area contributed by atoms with Gasteiger partial charge in [-0.3, -0.25) is 0 Å². The van der Waals surface area contributed by atoms with E-state index in [2.05, 4.69) is 27.3 Å². The summed E-state index contributed by atoms with van der Waals surface area (Å²) in [6, 6.07) is 0. The summed E-state index contributed by atoms with van der Waals surface area (Å²) < 4.78 is 72.9. The van der Waals surface area contributed by atoms with Crippen LogP contribution in [-0.2, 0) is 47.5 Å². The fourth-order valence-electron chi connectivity index (χ4n) is 1.27. The van der Waals surface area contributed by atoms with Crippen molar-refractivity contribution in [3.05, 3.63) is 0 Å². The second kappa shape index (κ2) is 11.9. The fourth-order valence-corrected chi connectivity index (χ4v) is 3.08. The average Bonchev–Trinajstić information content (AvgIpc) is 2.44. The van der Waals surface area contributed by atoms with Gasteiger partial charge < -0.3 is 18.9 Å². The van der Waals surface area contributed by atoms with Crippen molar-refractivity contribution in [3.8, 4) is 0 Å². The first kappa shape index (κ1) is 25.4. The van der Waals surface area contributed by atoms with Crippen molar-refractivity contribution in [1.29, 1.82) is 0 Å². The van der Waals surface area contributed by atoms with Gasteiger partial charge in [0.2, 0.25) is 13.6 Å². The topological polar surface area (TPSA) is 158 Å². The summed E-state index contributed by atoms with van der Waals surface area (Å²) in [6.45, 7) is 4.48. The Hall–Kier alpha value is -1.64. The molecular weight excluding hydrogens is 412 g/mol. The average molecular weight is 436 g/mol. The molecule has 0 aromatic heterocycles. The lowest BCUT2D eigenvalue weighted by molar-refractivity contribution is -0.00705. The van der Waals surface area contributed by atoms with Crippen LogP contribution in [0.2, 0.25) is 0 Å². The van der Waals surface area contributed by atoms with Crippen molar-refractivity contribution >= 4 is 32.5 Å². The normalized spacial score (nSPS) is 12.1. The number of rotatable bonds is 12. The zero-order valence-corrected chi connectivity index (χ0v) is 17.0. The molecule has 0 radical (unpaired) electrons. The van der Waals surface area contributed by atoms with Gasteiger partial charge in [0.1, 0.15) is 0 Å². The molecule has 0 aliphatic heterocycles. The molecule has 0 saturated heterocycles. The molecule has 0 saturated carbocycles. The van der Waals surface area contributed by atoms with Gasteiger partial charge in [0.25, 0.3) is 20.2 Å². The van der Waals surface area contributed by atoms with Crippen LogP contribution in [0, 0.1) is 0 Å². The molecule has 0 N–H and O–H groups in total. The third-order valence-electron chi connectivity index (χ3n) is 2.26. The van der Waals surface area contributed by atoms with E-state index < -0.39 is 69.8 Å². The summed E-state index contributed by atoms with van der Waals surface area (Å²) in [5.74, 6) is -1.34. The summed E-state index contributed by atoms with van der Waals surface area (Å²) in [5.41, 5.74) is 0. The molecule has 0 bridgehead atoms. The van der Waals surface area contributed by atoms with Gasteiger partial charge in [-0.15, -0.1) is 0 Å². The van der Waals surface area contributed by atoms with Crippen molar-refractivity contribution in [2.75, 3.05) is 25.1 Å². The number of hydrogen-bond acceptors (Lipinski definition) is 12. The first-order valence-electron chi connectivity index (χ1n) is 7.74. The molecule has 0 fully saturated rings. The van der Waals surface area contributed by atoms with Crippen molar-refractivity contribution in [3.63, 3.8) is 0 Å². The van der Waals surface area contributed by atoms with Crippen LogP contribution < -0.4 is 0 Å². The van der Waals surface area contributed by atoms with Gasteiger partial charge in [0, 0.05) is 0 Å². The molecule has 0 spiro atoms. The largest absolute Gasteiger partial charge is 0.510 e. The van der Waals surface area contributed by atoms with Crippen molar-refractivity contribution < 1.29 is 53.7 Å². The van der Waals surface area contributed by atoms with Gasteiger partial charge in [-0.05, 0) is 34.1 Å². The standard InChI is InChI=1S/C13H24O12S2/c1-10(2)24-12(14)20-8-22-26(16,17)6-5-7-27(18,19)23-9-21-13(15)25-11(3)4/h10-11H,5-9H2,1-4H3. The maximum Gasteiger partial charge on any atom is 0.510 e. The van der Waals surface area contributed by atoms with Crippen LogP contribution in [0.15, 0.2) is 0 Å². The molecule has 0 aromatic carbocycles. The molecule has 0 unspecified atom stereocenters. The van der Waals surface area contributed by atoms with Gasteiger partial charge in [-0.25, -0.2) is 18.0 Å². The van der Waals surface area contributed by atoms with Crippen LogP contribution in [0.25, 0.3) is 0 Å². The molecule has 0 aromatic rings. The Labute approximate surface area is 158 Å². The molecule has 0 atom stereocenters. The SMILES string of the molecule is CC(C)OC(=O)OCOS(=O)(=O)CCCS(=O)(=O)OCOC(=O)OC(C)C. The highest BCUT2D eigenvalue weighted by Gasteiger charge is 2.18. The predicted octanol–water partition coefficient (Wildman–Crippen LogP) is 1.11. The molecule has 12 nitrogen and oxygen atoms in total. The Morgan fingerprint density at radius 1 is 0.704 bits per heavy atom. The summed E-state index contributed by atoms with van der Waals surface area (Å²) in [5, 5.41) is 0. The molecule has 0 amide bonds. The number of carbonyl (C=O) groups excluding carboxylic acids is 2. The lowest BCUT2D eigenvalue weighted by atomic mass is 10.5. The molecule has 0 aliphatic carbocycles. The molecular formula is C13H24O12S2. The van der Waals surface area contributed by atoms with Crippen molar-refractivity contribution in [2.24, 2.45) is 0 Å². The minimum absolute atomic E-state index is 0.364. The third kappa shape index (κ3) is 15.1. The highest BCUT2D eigenvalue weighted by atomic mass is 32.2. The minimum Gasteiger partial charge on any atom is -0.432 e. The van der Waals surface area contributed by atoms with Crippen LogP contribution in [0.1, 0.15) is 34.1 Å². The lowest BCUT2D eigenvalue weighted by Gasteiger charge is -2.10. The molecule has 0 aliphatic rings. The Morgan fingerprint density at radius 2 is 1.04 bits per heavy atom. The van der Waals surface area contributed by atoms with E-state index in [1.54, 1.807) is 27.7 Å². The Balaban J connectivity index is 4.09. The van der Waals surface area contributed by atoms with Gasteiger partial charge in [0.15, 0.2) is 0 Å². The fraction of sp³-hybridized carbons (Fsp3) is 0.846. The van der Waals surface area contributed by atoms with E-state index in [-0.39, 0.29) is 6.42 Å². The van der Waals surface area contributed by atoms with Gasteiger partial charge in [-0.2, -0.15) is 16.8 Å². The molecule has 0 rings (SSSR count). The van der Waals surface area contributed by atoms with Gasteiger partial charge in [0.05, 0.1) is 23.7 Å². The highest BCUT2D eigenvalue weighted by Crippen LogP contribution is 2.03. The van der Waals surface area contributed by atoms with Crippen molar-refractivity contribution in [2.45, 2.75) is 46.3 Å². The molecule has 0 heterocycles. The number of ether oxygens (including phenoxy) is 4. The second-order valence-electron chi connectivity index (χ2n) is 5.47. The zero-order valence-electron chi connectivity index (χ0n) is 15.4. The van der Waals surface area contributed by atoms with E-state index in [4.69, 9.17) is 0 Å². The lowest BCUT2D eigenvalue weighted by Crippen LogP contribution is -2.21. The first-order chi connectivity index (χ1) is 12.3. The maximum absolute atomic E-state index is 11.6. The van der Waals surface area contributed by atoms with Crippen molar-refractivity contribution in [1.82, 2.24) is 0 Å². The first-order valence-corrected chi connectivity index (χ1v) is 10.9. The van der Waals surface area contributed by atoms with Gasteiger partial charge in [-0.1, -0.05) is 0 Å². The predicted molar refractivity (Wildman–Crippen MR) is 89.5 cm³/mol. The van der Waals surface area contributed by atoms with Crippen LogP contribution >= 0.6 is 0 Å². The highest BCUT2D eigenvalue weighted by molar-refractivity contribution is 7.87. The van der Waals surface area contributed by atoms with E-state index in [0.717, 1.165) is 0 Å². The molecule has 14 heteroatoms. The second-order valence-corrected chi connectivity index (χ2v) is 8.99. The van der Waals surface area contributed by atoms with E-state index in [1.807, 2.05) is 0 Å². The smallest absolute Gasteiger partial charge is 0.432 e. The minimum atomic E-state index is -4.13. The molecule has 160 valence electrons. The van der Waals surface area contributed by atoms with E-state index >= 15 is 0 Å².